The summed E-state index contributed by atoms with van der Waals surface area (Å²) in [6.45, 7) is 9.95. The van der Waals surface area contributed by atoms with Gasteiger partial charge in [0, 0.05) is 38.8 Å². The molecule has 0 saturated carbocycles. The van der Waals surface area contributed by atoms with Gasteiger partial charge in [-0.2, -0.15) is 5.10 Å². The van der Waals surface area contributed by atoms with Crippen LogP contribution in [-0.4, -0.2) is 68.8 Å². The molecule has 1 amide bonds. The monoisotopic (exact) mass is 345 g/mol. The van der Waals surface area contributed by atoms with Crippen molar-refractivity contribution in [1.82, 2.24) is 30.0 Å². The summed E-state index contributed by atoms with van der Waals surface area (Å²) in [6.07, 6.45) is 4.41. The molecular weight excluding hydrogens is 318 g/mol. The average Bonchev–Trinajstić information content (AvgIpc) is 2.76. The van der Waals surface area contributed by atoms with E-state index in [-0.39, 0.29) is 11.4 Å². The Bertz CT molecular complexity index is 749. The van der Waals surface area contributed by atoms with Gasteiger partial charge in [-0.25, -0.2) is 9.97 Å². The minimum Gasteiger partial charge on any atom is -0.355 e. The second-order valence-corrected chi connectivity index (χ2v) is 7.62. The Morgan fingerprint density at radius 3 is 2.76 bits per heavy atom. The highest BCUT2D eigenvalue weighted by atomic mass is 16.2. The van der Waals surface area contributed by atoms with E-state index < -0.39 is 0 Å². The Morgan fingerprint density at radius 2 is 2.00 bits per heavy atom. The number of hydrogen-bond donors (Lipinski definition) is 1. The second kappa shape index (κ2) is 6.95. The first-order chi connectivity index (χ1) is 11.8. The van der Waals surface area contributed by atoms with Crippen molar-refractivity contribution in [2.75, 3.05) is 37.6 Å². The predicted molar refractivity (Wildman–Crippen MR) is 97.5 cm³/mol. The van der Waals surface area contributed by atoms with E-state index in [1.807, 2.05) is 34.0 Å². The molecule has 1 aliphatic heterocycles. The quantitative estimate of drug-likeness (QED) is 0.886. The zero-order chi connectivity index (χ0) is 18.0. The number of fused-ring (bicyclic) bond motifs is 1. The molecule has 1 fully saturated rings. The van der Waals surface area contributed by atoms with Gasteiger partial charge in [-0.3, -0.25) is 14.4 Å². The fourth-order valence-corrected chi connectivity index (χ4v) is 3.20. The normalized spacial score (nSPS) is 16.9. The van der Waals surface area contributed by atoms with E-state index in [1.54, 1.807) is 11.0 Å². The van der Waals surface area contributed by atoms with E-state index in [9.17, 15) is 4.79 Å². The van der Waals surface area contributed by atoms with Crippen molar-refractivity contribution in [2.24, 2.45) is 7.05 Å². The largest absolute Gasteiger partial charge is 0.355 e. The summed E-state index contributed by atoms with van der Waals surface area (Å²) in [7, 11) is 1.89. The third-order valence-corrected chi connectivity index (χ3v) is 4.28. The molecule has 8 heteroatoms. The van der Waals surface area contributed by atoms with Gasteiger partial charge in [0.1, 0.15) is 12.1 Å². The highest BCUT2D eigenvalue weighted by Gasteiger charge is 2.22. The van der Waals surface area contributed by atoms with Gasteiger partial charge in [-0.1, -0.05) is 0 Å². The number of hydrogen-bond acceptors (Lipinski definition) is 6. The molecular formula is C17H27N7O. The summed E-state index contributed by atoms with van der Waals surface area (Å²) < 4.78 is 1.77. The molecule has 25 heavy (non-hydrogen) atoms. The van der Waals surface area contributed by atoms with E-state index in [4.69, 9.17) is 0 Å². The molecule has 0 atom stereocenters. The van der Waals surface area contributed by atoms with Crippen LogP contribution in [0.25, 0.3) is 11.0 Å². The Morgan fingerprint density at radius 1 is 1.20 bits per heavy atom. The zero-order valence-corrected chi connectivity index (χ0v) is 15.5. The first kappa shape index (κ1) is 17.6. The Hall–Kier alpha value is -2.22. The number of carbonyl (C=O) groups excluding carboxylic acids is 1. The maximum absolute atomic E-state index is 12.2. The third-order valence-electron chi connectivity index (χ3n) is 4.28. The zero-order valence-electron chi connectivity index (χ0n) is 15.5. The highest BCUT2D eigenvalue weighted by Crippen LogP contribution is 2.23. The summed E-state index contributed by atoms with van der Waals surface area (Å²) >= 11 is 0. The van der Waals surface area contributed by atoms with Gasteiger partial charge in [0.15, 0.2) is 5.65 Å². The topological polar surface area (TPSA) is 79.2 Å². The van der Waals surface area contributed by atoms with Crippen LogP contribution in [-0.2, 0) is 11.8 Å². The summed E-state index contributed by atoms with van der Waals surface area (Å²) in [5, 5.41) is 8.29. The van der Waals surface area contributed by atoms with Gasteiger partial charge >= 0.3 is 0 Å². The summed E-state index contributed by atoms with van der Waals surface area (Å²) in [4.78, 5) is 25.4. The van der Waals surface area contributed by atoms with Crippen LogP contribution in [0.2, 0.25) is 0 Å². The highest BCUT2D eigenvalue weighted by molar-refractivity contribution is 5.86. The molecule has 2 aromatic heterocycles. The van der Waals surface area contributed by atoms with Crippen LogP contribution >= 0.6 is 0 Å². The maximum atomic E-state index is 12.2. The van der Waals surface area contributed by atoms with Crippen LogP contribution in [0, 0.1) is 0 Å². The van der Waals surface area contributed by atoms with E-state index in [0.29, 0.717) is 6.54 Å². The SMILES string of the molecule is Cn1ncc2c(N3CCCN(CC(=O)NC(C)(C)C)CC3)ncnc21. The van der Waals surface area contributed by atoms with Gasteiger partial charge in [0.2, 0.25) is 5.91 Å². The van der Waals surface area contributed by atoms with Crippen molar-refractivity contribution in [3.05, 3.63) is 12.5 Å². The van der Waals surface area contributed by atoms with Crippen LogP contribution in [0.3, 0.4) is 0 Å². The number of anilines is 1. The van der Waals surface area contributed by atoms with Crippen molar-refractivity contribution in [2.45, 2.75) is 32.7 Å². The lowest BCUT2D eigenvalue weighted by Gasteiger charge is -2.25. The standard InChI is InChI=1S/C17H27N7O/c1-17(2,3)21-14(25)11-23-6-5-7-24(9-8-23)16-13-10-20-22(4)15(13)18-12-19-16/h10,12H,5-9,11H2,1-4H3,(H,21,25). The third kappa shape index (κ3) is 4.25. The Kier molecular flexibility index (Phi) is 4.89. The van der Waals surface area contributed by atoms with E-state index >= 15 is 0 Å². The van der Waals surface area contributed by atoms with E-state index in [1.165, 1.54) is 0 Å². The fraction of sp³-hybridized carbons (Fsp3) is 0.647. The first-order valence-corrected chi connectivity index (χ1v) is 8.74. The number of nitrogens with zero attached hydrogens (tertiary/aromatic N) is 6. The van der Waals surface area contributed by atoms with Crippen LogP contribution in [0.15, 0.2) is 12.5 Å². The average molecular weight is 345 g/mol. The minimum absolute atomic E-state index is 0.0811. The maximum Gasteiger partial charge on any atom is 0.234 e. The minimum atomic E-state index is -0.193. The lowest BCUT2D eigenvalue weighted by Crippen LogP contribution is -2.46. The number of nitrogens with one attached hydrogen (secondary N) is 1. The molecule has 3 rings (SSSR count). The van der Waals surface area contributed by atoms with Crippen LogP contribution < -0.4 is 10.2 Å². The molecule has 0 radical (unpaired) electrons. The molecule has 0 aliphatic carbocycles. The molecule has 1 N–H and O–H groups in total. The molecule has 0 spiro atoms. The van der Waals surface area contributed by atoms with Crippen LogP contribution in [0.4, 0.5) is 5.82 Å². The van der Waals surface area contributed by atoms with Crippen LogP contribution in [0.1, 0.15) is 27.2 Å². The van der Waals surface area contributed by atoms with Gasteiger partial charge in [-0.05, 0) is 27.2 Å². The summed E-state index contributed by atoms with van der Waals surface area (Å²) in [5.41, 5.74) is 0.651. The van der Waals surface area contributed by atoms with Gasteiger partial charge in [-0.15, -0.1) is 0 Å². The Labute approximate surface area is 148 Å². The lowest BCUT2D eigenvalue weighted by atomic mass is 10.1. The molecule has 136 valence electrons. The van der Waals surface area contributed by atoms with E-state index in [0.717, 1.165) is 49.5 Å². The smallest absolute Gasteiger partial charge is 0.234 e. The number of carbonyl (C=O) groups is 1. The van der Waals surface area contributed by atoms with Gasteiger partial charge < -0.3 is 10.2 Å². The molecule has 8 nitrogen and oxygen atoms in total. The van der Waals surface area contributed by atoms with Crippen molar-refractivity contribution in [3.8, 4) is 0 Å². The Balaban J connectivity index is 1.66. The number of aryl methyl sites for hydroxylation is 1. The first-order valence-electron chi connectivity index (χ1n) is 8.74. The molecule has 1 saturated heterocycles. The lowest BCUT2D eigenvalue weighted by molar-refractivity contribution is -0.123. The molecule has 1 aliphatic rings. The van der Waals surface area contributed by atoms with Crippen molar-refractivity contribution < 1.29 is 4.79 Å². The number of aromatic nitrogens is 4. The summed E-state index contributed by atoms with van der Waals surface area (Å²) in [6, 6.07) is 0. The van der Waals surface area contributed by atoms with Gasteiger partial charge in [0.05, 0.1) is 18.1 Å². The van der Waals surface area contributed by atoms with Crippen molar-refractivity contribution in [3.63, 3.8) is 0 Å². The molecule has 0 aromatic carbocycles. The van der Waals surface area contributed by atoms with Gasteiger partial charge in [0.25, 0.3) is 0 Å². The number of amides is 1. The molecule has 0 bridgehead atoms. The fourth-order valence-electron chi connectivity index (χ4n) is 3.20. The summed E-state index contributed by atoms with van der Waals surface area (Å²) in [5.74, 6) is 1.01. The molecule has 0 unspecified atom stereocenters. The van der Waals surface area contributed by atoms with Crippen LogP contribution in [0.5, 0.6) is 0 Å². The predicted octanol–water partition coefficient (Wildman–Crippen LogP) is 0.790. The van der Waals surface area contributed by atoms with Crippen molar-refractivity contribution in [1.29, 1.82) is 0 Å². The molecule has 3 heterocycles. The number of rotatable bonds is 3. The molecule has 2 aromatic rings. The van der Waals surface area contributed by atoms with Crippen molar-refractivity contribution >= 4 is 22.8 Å². The second-order valence-electron chi connectivity index (χ2n) is 7.62. The van der Waals surface area contributed by atoms with E-state index in [2.05, 4.69) is 30.2 Å².